The zero-order valence-corrected chi connectivity index (χ0v) is 13.9. The summed E-state index contributed by atoms with van der Waals surface area (Å²) in [6.07, 6.45) is 1.49. The Bertz CT molecular complexity index is 721. The molecule has 0 fully saturated rings. The van der Waals surface area contributed by atoms with Gasteiger partial charge in [0.2, 0.25) is 0 Å². The number of carboxylic acid groups (broad SMARTS) is 2. The van der Waals surface area contributed by atoms with Gasteiger partial charge in [-0.3, -0.25) is 9.59 Å². The number of anilines is 2. The molecule has 6 heteroatoms. The van der Waals surface area contributed by atoms with E-state index in [1.54, 1.807) is 12.1 Å². The molecule has 0 saturated heterocycles. The molecule has 0 aromatic heterocycles. The highest BCUT2D eigenvalue weighted by Crippen LogP contribution is 2.21. The monoisotopic (exact) mass is 342 g/mol. The van der Waals surface area contributed by atoms with Crippen LogP contribution in [-0.2, 0) is 28.9 Å². The normalized spacial score (nSPS) is 10.6. The zero-order chi connectivity index (χ0) is 18.4. The molecule has 0 spiro atoms. The van der Waals surface area contributed by atoms with Gasteiger partial charge in [-0.15, -0.1) is 0 Å². The van der Waals surface area contributed by atoms with Crippen LogP contribution in [0.1, 0.15) is 35.1 Å². The van der Waals surface area contributed by atoms with Gasteiger partial charge in [-0.05, 0) is 53.6 Å². The fraction of sp³-hybridized carbons (Fsp3) is 0.263. The predicted molar refractivity (Wildman–Crippen MR) is 96.4 cm³/mol. The van der Waals surface area contributed by atoms with Crippen molar-refractivity contribution < 1.29 is 19.8 Å². The summed E-state index contributed by atoms with van der Waals surface area (Å²) in [6.45, 7) is 0. The average Bonchev–Trinajstić information content (AvgIpc) is 2.55. The van der Waals surface area contributed by atoms with Crippen molar-refractivity contribution >= 4 is 23.3 Å². The van der Waals surface area contributed by atoms with Gasteiger partial charge < -0.3 is 21.7 Å². The Balaban J connectivity index is 2.16. The molecule has 0 saturated carbocycles. The number of aryl methyl sites for hydroxylation is 2. The summed E-state index contributed by atoms with van der Waals surface area (Å²) in [7, 11) is 0. The van der Waals surface area contributed by atoms with Gasteiger partial charge in [0.05, 0.1) is 0 Å². The fourth-order valence-corrected chi connectivity index (χ4v) is 2.69. The molecule has 2 aromatic rings. The third kappa shape index (κ3) is 5.53. The van der Waals surface area contributed by atoms with Gasteiger partial charge in [0.15, 0.2) is 0 Å². The number of rotatable bonds is 8. The quantitative estimate of drug-likeness (QED) is 0.546. The van der Waals surface area contributed by atoms with Crippen LogP contribution in [0.25, 0.3) is 0 Å². The van der Waals surface area contributed by atoms with E-state index in [0.717, 1.165) is 22.3 Å². The lowest BCUT2D eigenvalue weighted by Crippen LogP contribution is -2.03. The molecular weight excluding hydrogens is 320 g/mol. The van der Waals surface area contributed by atoms with Crippen molar-refractivity contribution in [1.29, 1.82) is 0 Å². The maximum absolute atomic E-state index is 10.7. The highest BCUT2D eigenvalue weighted by atomic mass is 16.4. The highest BCUT2D eigenvalue weighted by Gasteiger charge is 2.08. The van der Waals surface area contributed by atoms with Gasteiger partial charge >= 0.3 is 11.9 Å². The zero-order valence-electron chi connectivity index (χ0n) is 13.9. The molecule has 0 atom stereocenters. The van der Waals surface area contributed by atoms with Crippen LogP contribution in [0.5, 0.6) is 0 Å². The Morgan fingerprint density at radius 1 is 0.760 bits per heavy atom. The number of hydrogen-bond donors (Lipinski definition) is 4. The molecule has 132 valence electrons. The Labute approximate surface area is 146 Å². The molecule has 0 heterocycles. The first-order valence-electron chi connectivity index (χ1n) is 8.03. The second kappa shape index (κ2) is 8.19. The third-order valence-corrected chi connectivity index (χ3v) is 4.04. The standard InChI is InChI=1S/C19H22N2O4/c20-16-5-1-12(10-14(16)3-7-18(22)23)9-13-2-6-17(21)15(11-13)4-8-19(24)25/h1-2,5-6,10-11H,3-4,7-9,20-21H2,(H,22,23)(H,24,25). The van der Waals surface area contributed by atoms with Crippen LogP contribution in [0, 0.1) is 0 Å². The van der Waals surface area contributed by atoms with E-state index in [9.17, 15) is 9.59 Å². The first-order chi connectivity index (χ1) is 11.8. The summed E-state index contributed by atoms with van der Waals surface area (Å²) in [4.78, 5) is 21.5. The van der Waals surface area contributed by atoms with E-state index in [2.05, 4.69) is 0 Å². The van der Waals surface area contributed by atoms with E-state index in [1.165, 1.54) is 0 Å². The van der Waals surface area contributed by atoms with E-state index in [1.807, 2.05) is 24.3 Å². The number of carbonyl (C=O) groups is 2. The summed E-state index contributed by atoms with van der Waals surface area (Å²) in [5.74, 6) is -1.71. The van der Waals surface area contributed by atoms with Gasteiger partial charge in [-0.25, -0.2) is 0 Å². The molecule has 0 radical (unpaired) electrons. The number of carboxylic acids is 2. The number of hydrogen-bond acceptors (Lipinski definition) is 4. The number of nitrogens with two attached hydrogens (primary N) is 2. The van der Waals surface area contributed by atoms with Gasteiger partial charge in [-0.2, -0.15) is 0 Å². The van der Waals surface area contributed by atoms with Crippen molar-refractivity contribution in [2.75, 3.05) is 11.5 Å². The summed E-state index contributed by atoms with van der Waals surface area (Å²) >= 11 is 0. The van der Waals surface area contributed by atoms with Crippen LogP contribution < -0.4 is 11.5 Å². The molecular formula is C19H22N2O4. The fourth-order valence-electron chi connectivity index (χ4n) is 2.69. The number of nitrogen functional groups attached to an aromatic ring is 2. The summed E-state index contributed by atoms with van der Waals surface area (Å²) in [6, 6.07) is 11.2. The Morgan fingerprint density at radius 2 is 1.16 bits per heavy atom. The Morgan fingerprint density at radius 3 is 1.52 bits per heavy atom. The number of benzene rings is 2. The van der Waals surface area contributed by atoms with Crippen molar-refractivity contribution in [2.24, 2.45) is 0 Å². The SMILES string of the molecule is Nc1ccc(Cc2ccc(N)c(CCC(=O)O)c2)cc1CCC(=O)O. The van der Waals surface area contributed by atoms with E-state index in [0.29, 0.717) is 30.6 Å². The maximum Gasteiger partial charge on any atom is 0.303 e. The van der Waals surface area contributed by atoms with Crippen molar-refractivity contribution in [3.63, 3.8) is 0 Å². The van der Waals surface area contributed by atoms with Crippen LogP contribution in [0.4, 0.5) is 11.4 Å². The van der Waals surface area contributed by atoms with E-state index >= 15 is 0 Å². The largest absolute Gasteiger partial charge is 0.481 e. The van der Waals surface area contributed by atoms with E-state index in [4.69, 9.17) is 21.7 Å². The lowest BCUT2D eigenvalue weighted by atomic mass is 9.97. The minimum absolute atomic E-state index is 0.0366. The number of aliphatic carboxylic acids is 2. The minimum atomic E-state index is -0.855. The molecule has 0 aliphatic rings. The van der Waals surface area contributed by atoms with Gasteiger partial charge in [-0.1, -0.05) is 24.3 Å². The first-order valence-corrected chi connectivity index (χ1v) is 8.03. The van der Waals surface area contributed by atoms with Crippen molar-refractivity contribution in [3.05, 3.63) is 58.7 Å². The average molecular weight is 342 g/mol. The molecule has 6 N–H and O–H groups in total. The molecule has 2 rings (SSSR count). The smallest absolute Gasteiger partial charge is 0.303 e. The predicted octanol–water partition coefficient (Wildman–Crippen LogP) is 2.48. The summed E-state index contributed by atoms with van der Waals surface area (Å²) in [5.41, 5.74) is 16.7. The van der Waals surface area contributed by atoms with Crippen molar-refractivity contribution in [1.82, 2.24) is 0 Å². The van der Waals surface area contributed by atoms with Crippen LogP contribution in [-0.4, -0.2) is 22.2 Å². The lowest BCUT2D eigenvalue weighted by molar-refractivity contribution is -0.138. The Hall–Kier alpha value is -3.02. The minimum Gasteiger partial charge on any atom is -0.481 e. The summed E-state index contributed by atoms with van der Waals surface area (Å²) in [5, 5.41) is 17.6. The van der Waals surface area contributed by atoms with Gasteiger partial charge in [0.25, 0.3) is 0 Å². The van der Waals surface area contributed by atoms with E-state index < -0.39 is 11.9 Å². The lowest BCUT2D eigenvalue weighted by Gasteiger charge is -2.10. The second-order valence-electron chi connectivity index (χ2n) is 6.03. The molecule has 6 nitrogen and oxygen atoms in total. The topological polar surface area (TPSA) is 127 Å². The van der Waals surface area contributed by atoms with Crippen LogP contribution in [0.15, 0.2) is 36.4 Å². The van der Waals surface area contributed by atoms with Gasteiger partial charge in [0, 0.05) is 24.2 Å². The second-order valence-corrected chi connectivity index (χ2v) is 6.03. The maximum atomic E-state index is 10.7. The molecule has 0 bridgehead atoms. The van der Waals surface area contributed by atoms with Crippen molar-refractivity contribution in [2.45, 2.75) is 32.1 Å². The summed E-state index contributed by atoms with van der Waals surface area (Å²) < 4.78 is 0. The molecule has 0 unspecified atom stereocenters. The van der Waals surface area contributed by atoms with Crippen molar-refractivity contribution in [3.8, 4) is 0 Å². The Kier molecular flexibility index (Phi) is 6.00. The van der Waals surface area contributed by atoms with Crippen LogP contribution in [0.2, 0.25) is 0 Å². The van der Waals surface area contributed by atoms with E-state index in [-0.39, 0.29) is 12.8 Å². The first kappa shape index (κ1) is 18.3. The van der Waals surface area contributed by atoms with Crippen LogP contribution >= 0.6 is 0 Å². The molecule has 2 aromatic carbocycles. The van der Waals surface area contributed by atoms with Gasteiger partial charge in [0.1, 0.15) is 0 Å². The third-order valence-electron chi connectivity index (χ3n) is 4.04. The molecule has 0 aliphatic heterocycles. The highest BCUT2D eigenvalue weighted by molar-refractivity contribution is 5.68. The molecule has 0 amide bonds. The van der Waals surface area contributed by atoms with Crippen LogP contribution in [0.3, 0.4) is 0 Å². The molecule has 0 aliphatic carbocycles. The molecule has 25 heavy (non-hydrogen) atoms.